The Bertz CT molecular complexity index is 1100. The van der Waals surface area contributed by atoms with E-state index in [9.17, 15) is 5.11 Å². The highest BCUT2D eigenvalue weighted by atomic mass is 16.5. The lowest BCUT2D eigenvalue weighted by atomic mass is 9.96. The molecule has 0 atom stereocenters. The summed E-state index contributed by atoms with van der Waals surface area (Å²) in [7, 11) is 0. The SMILES string of the molecule is Oc1ccc(C/C(=C\Cc2ccc(OCc3ccccc3)cc2)c2ccccc2)cc1. The van der Waals surface area contributed by atoms with Crippen LogP contribution in [0.2, 0.25) is 0 Å². The van der Waals surface area contributed by atoms with Gasteiger partial charge in [0.1, 0.15) is 18.1 Å². The van der Waals surface area contributed by atoms with Crippen LogP contribution < -0.4 is 4.74 Å². The molecule has 0 aliphatic heterocycles. The predicted molar refractivity (Wildman–Crippen MR) is 127 cm³/mol. The van der Waals surface area contributed by atoms with Gasteiger partial charge in [-0.2, -0.15) is 0 Å². The van der Waals surface area contributed by atoms with E-state index in [1.807, 2.05) is 48.5 Å². The maximum atomic E-state index is 9.56. The highest BCUT2D eigenvalue weighted by Crippen LogP contribution is 2.23. The molecule has 0 aliphatic carbocycles. The Labute approximate surface area is 184 Å². The number of hydrogen-bond donors (Lipinski definition) is 1. The molecular formula is C29H26O2. The van der Waals surface area contributed by atoms with Crippen molar-refractivity contribution >= 4 is 5.57 Å². The summed E-state index contributed by atoms with van der Waals surface area (Å²) in [6, 6.07) is 36.4. The first kappa shape index (κ1) is 20.5. The van der Waals surface area contributed by atoms with E-state index < -0.39 is 0 Å². The van der Waals surface area contributed by atoms with Gasteiger partial charge in [0.05, 0.1) is 0 Å². The zero-order valence-corrected chi connectivity index (χ0v) is 17.4. The maximum absolute atomic E-state index is 9.56. The Kier molecular flexibility index (Phi) is 6.81. The van der Waals surface area contributed by atoms with E-state index in [0.29, 0.717) is 12.4 Å². The van der Waals surface area contributed by atoms with Crippen molar-refractivity contribution in [3.8, 4) is 11.5 Å². The molecule has 0 aliphatic rings. The monoisotopic (exact) mass is 406 g/mol. The second kappa shape index (κ2) is 10.3. The zero-order chi connectivity index (χ0) is 21.3. The molecule has 2 heteroatoms. The highest BCUT2D eigenvalue weighted by Gasteiger charge is 2.04. The molecule has 4 aromatic rings. The van der Waals surface area contributed by atoms with Gasteiger partial charge in [-0.1, -0.05) is 91.0 Å². The lowest BCUT2D eigenvalue weighted by molar-refractivity contribution is 0.306. The Morgan fingerprint density at radius 1 is 0.645 bits per heavy atom. The van der Waals surface area contributed by atoms with Crippen LogP contribution in [0.1, 0.15) is 22.3 Å². The van der Waals surface area contributed by atoms with Crippen molar-refractivity contribution in [2.45, 2.75) is 19.4 Å². The normalized spacial score (nSPS) is 11.3. The topological polar surface area (TPSA) is 29.5 Å². The summed E-state index contributed by atoms with van der Waals surface area (Å²) in [5.74, 6) is 1.17. The summed E-state index contributed by atoms with van der Waals surface area (Å²) in [5, 5.41) is 9.56. The molecule has 0 saturated heterocycles. The van der Waals surface area contributed by atoms with Crippen LogP contribution in [-0.2, 0) is 19.4 Å². The molecule has 2 nitrogen and oxygen atoms in total. The van der Waals surface area contributed by atoms with Crippen molar-refractivity contribution in [2.24, 2.45) is 0 Å². The maximum Gasteiger partial charge on any atom is 0.119 e. The molecule has 4 rings (SSSR count). The molecule has 0 aromatic heterocycles. The minimum absolute atomic E-state index is 0.295. The molecule has 0 radical (unpaired) electrons. The number of rotatable bonds is 8. The fraction of sp³-hybridized carbons (Fsp3) is 0.103. The summed E-state index contributed by atoms with van der Waals surface area (Å²) < 4.78 is 5.89. The average Bonchev–Trinajstić information content (AvgIpc) is 2.83. The molecule has 0 heterocycles. The van der Waals surface area contributed by atoms with E-state index in [0.717, 1.165) is 24.2 Å². The Morgan fingerprint density at radius 2 is 1.26 bits per heavy atom. The van der Waals surface area contributed by atoms with Crippen molar-refractivity contribution < 1.29 is 9.84 Å². The molecule has 31 heavy (non-hydrogen) atoms. The fourth-order valence-corrected chi connectivity index (χ4v) is 3.48. The number of phenols is 1. The van der Waals surface area contributed by atoms with Crippen LogP contribution in [-0.4, -0.2) is 5.11 Å². The fourth-order valence-electron chi connectivity index (χ4n) is 3.48. The summed E-state index contributed by atoms with van der Waals surface area (Å²) in [6.45, 7) is 0.574. The molecule has 0 spiro atoms. The Morgan fingerprint density at radius 3 is 1.94 bits per heavy atom. The van der Waals surface area contributed by atoms with E-state index in [4.69, 9.17) is 4.74 Å². The molecule has 154 valence electrons. The van der Waals surface area contributed by atoms with Gasteiger partial charge in [-0.05, 0) is 64.9 Å². The van der Waals surface area contributed by atoms with Crippen LogP contribution in [0.25, 0.3) is 5.57 Å². The largest absolute Gasteiger partial charge is 0.508 e. The second-order valence-electron chi connectivity index (χ2n) is 7.56. The quantitative estimate of drug-likeness (QED) is 0.347. The van der Waals surface area contributed by atoms with Gasteiger partial charge in [-0.25, -0.2) is 0 Å². The average molecular weight is 407 g/mol. The van der Waals surface area contributed by atoms with Gasteiger partial charge in [0, 0.05) is 0 Å². The molecule has 0 bridgehead atoms. The third kappa shape index (κ3) is 6.10. The molecular weight excluding hydrogens is 380 g/mol. The Hall–Kier alpha value is -3.78. The number of ether oxygens (including phenoxy) is 1. The van der Waals surface area contributed by atoms with E-state index >= 15 is 0 Å². The third-order valence-electron chi connectivity index (χ3n) is 5.23. The van der Waals surface area contributed by atoms with Crippen LogP contribution in [0.5, 0.6) is 11.5 Å². The number of benzene rings is 4. The van der Waals surface area contributed by atoms with E-state index in [2.05, 4.69) is 54.6 Å². The van der Waals surface area contributed by atoms with E-state index in [-0.39, 0.29) is 0 Å². The molecule has 4 aromatic carbocycles. The summed E-state index contributed by atoms with van der Waals surface area (Å²) in [5.41, 5.74) is 6.08. The lowest BCUT2D eigenvalue weighted by Gasteiger charge is -2.10. The van der Waals surface area contributed by atoms with Crippen molar-refractivity contribution in [3.05, 3.63) is 138 Å². The molecule has 0 unspecified atom stereocenters. The van der Waals surface area contributed by atoms with Crippen LogP contribution in [0.3, 0.4) is 0 Å². The standard InChI is InChI=1S/C29H26O2/c30-28-17-12-24(13-18-28)21-27(26-9-5-2-6-10-26)16-11-23-14-19-29(20-15-23)31-22-25-7-3-1-4-8-25/h1-10,12-20,30H,11,21-22H2/b27-16+. The van der Waals surface area contributed by atoms with Crippen molar-refractivity contribution in [1.82, 2.24) is 0 Å². The van der Waals surface area contributed by atoms with Crippen LogP contribution in [0.4, 0.5) is 0 Å². The first-order chi connectivity index (χ1) is 15.3. The number of aromatic hydroxyl groups is 1. The van der Waals surface area contributed by atoms with Crippen LogP contribution in [0.15, 0.2) is 115 Å². The van der Waals surface area contributed by atoms with Gasteiger partial charge < -0.3 is 9.84 Å². The predicted octanol–water partition coefficient (Wildman–Crippen LogP) is 6.84. The first-order valence-electron chi connectivity index (χ1n) is 10.5. The van der Waals surface area contributed by atoms with Gasteiger partial charge in [0.2, 0.25) is 0 Å². The smallest absolute Gasteiger partial charge is 0.119 e. The third-order valence-corrected chi connectivity index (χ3v) is 5.23. The van der Waals surface area contributed by atoms with E-state index in [1.165, 1.54) is 22.3 Å². The minimum Gasteiger partial charge on any atom is -0.508 e. The summed E-state index contributed by atoms with van der Waals surface area (Å²) in [6.07, 6.45) is 3.96. The van der Waals surface area contributed by atoms with Gasteiger partial charge in [-0.3, -0.25) is 0 Å². The first-order valence-corrected chi connectivity index (χ1v) is 10.5. The summed E-state index contributed by atoms with van der Waals surface area (Å²) in [4.78, 5) is 0. The number of hydrogen-bond acceptors (Lipinski definition) is 2. The van der Waals surface area contributed by atoms with Gasteiger partial charge >= 0.3 is 0 Å². The van der Waals surface area contributed by atoms with Crippen molar-refractivity contribution in [2.75, 3.05) is 0 Å². The minimum atomic E-state index is 0.295. The Balaban J connectivity index is 1.44. The number of phenolic OH excluding ortho intramolecular Hbond substituents is 1. The molecule has 0 saturated carbocycles. The molecule has 0 amide bonds. The lowest BCUT2D eigenvalue weighted by Crippen LogP contribution is -1.95. The molecule has 0 fully saturated rings. The summed E-state index contributed by atoms with van der Waals surface area (Å²) >= 11 is 0. The van der Waals surface area contributed by atoms with Crippen LogP contribution in [0, 0.1) is 0 Å². The number of allylic oxidation sites excluding steroid dienone is 2. The van der Waals surface area contributed by atoms with Gasteiger partial charge in [0.15, 0.2) is 0 Å². The molecule has 1 N–H and O–H groups in total. The second-order valence-corrected chi connectivity index (χ2v) is 7.56. The van der Waals surface area contributed by atoms with Crippen molar-refractivity contribution in [3.63, 3.8) is 0 Å². The van der Waals surface area contributed by atoms with Gasteiger partial charge in [-0.15, -0.1) is 0 Å². The van der Waals surface area contributed by atoms with Crippen LogP contribution >= 0.6 is 0 Å². The van der Waals surface area contributed by atoms with E-state index in [1.54, 1.807) is 12.1 Å². The zero-order valence-electron chi connectivity index (χ0n) is 17.4. The highest BCUT2D eigenvalue weighted by molar-refractivity contribution is 5.68. The van der Waals surface area contributed by atoms with Crippen molar-refractivity contribution in [1.29, 1.82) is 0 Å². The van der Waals surface area contributed by atoms with Gasteiger partial charge in [0.25, 0.3) is 0 Å².